The summed E-state index contributed by atoms with van der Waals surface area (Å²) in [5.41, 5.74) is 1.05. The Balaban J connectivity index is 1.82. The summed E-state index contributed by atoms with van der Waals surface area (Å²) in [5.74, 6) is -0.792. The molecule has 0 bridgehead atoms. The van der Waals surface area contributed by atoms with Crippen LogP contribution in [0.15, 0.2) is 24.4 Å². The summed E-state index contributed by atoms with van der Waals surface area (Å²) < 4.78 is 18.0. The van der Waals surface area contributed by atoms with E-state index in [2.05, 4.69) is 21.5 Å². The number of halogens is 1. The number of carbonyl (C=O) groups is 1. The molecule has 0 spiro atoms. The van der Waals surface area contributed by atoms with Crippen molar-refractivity contribution in [3.8, 4) is 0 Å². The van der Waals surface area contributed by atoms with Gasteiger partial charge in [0.25, 0.3) is 0 Å². The third-order valence-electron chi connectivity index (χ3n) is 3.95. The third-order valence-corrected chi connectivity index (χ3v) is 3.95. The maximum absolute atomic E-state index is 13.6. The molecule has 0 amide bonds. The molecule has 2 atom stereocenters. The van der Waals surface area contributed by atoms with Crippen LogP contribution in [0.4, 0.5) is 4.39 Å². The average molecular weight is 295 g/mol. The first-order valence-corrected chi connectivity index (χ1v) is 7.21. The second kappa shape index (κ2) is 7.47. The molecule has 1 aromatic rings. The smallest absolute Gasteiger partial charge is 0.341 e. The molecule has 0 saturated carbocycles. The van der Waals surface area contributed by atoms with E-state index in [9.17, 15) is 9.18 Å². The number of pyridine rings is 1. The van der Waals surface area contributed by atoms with Crippen LogP contribution in [0.2, 0.25) is 0 Å². The Morgan fingerprint density at radius 3 is 2.67 bits per heavy atom. The fourth-order valence-corrected chi connectivity index (χ4v) is 2.57. The molecule has 2 rings (SSSR count). The van der Waals surface area contributed by atoms with Crippen molar-refractivity contribution in [2.24, 2.45) is 0 Å². The van der Waals surface area contributed by atoms with Gasteiger partial charge in [-0.3, -0.25) is 14.8 Å². The Morgan fingerprint density at radius 1 is 1.38 bits per heavy atom. The number of carbonyl (C=O) groups excluding carboxylic acids is 1. The van der Waals surface area contributed by atoms with Gasteiger partial charge in [-0.05, 0) is 19.1 Å². The van der Waals surface area contributed by atoms with Crippen LogP contribution in [-0.2, 0) is 9.53 Å². The molecule has 1 fully saturated rings. The van der Waals surface area contributed by atoms with Crippen LogP contribution in [0.5, 0.6) is 0 Å². The number of piperazine rings is 1. The number of aromatic nitrogens is 1. The lowest BCUT2D eigenvalue weighted by atomic mass is 10.1. The van der Waals surface area contributed by atoms with E-state index in [1.54, 1.807) is 6.20 Å². The van der Waals surface area contributed by atoms with Gasteiger partial charge in [0.2, 0.25) is 6.17 Å². The molecule has 5 nitrogen and oxygen atoms in total. The van der Waals surface area contributed by atoms with Crippen LogP contribution < -0.4 is 0 Å². The van der Waals surface area contributed by atoms with Crippen LogP contribution >= 0.6 is 0 Å². The Kier molecular flexibility index (Phi) is 5.64. The number of rotatable bonds is 5. The molecule has 1 aliphatic heterocycles. The van der Waals surface area contributed by atoms with E-state index in [-0.39, 0.29) is 12.6 Å². The largest absolute Gasteiger partial charge is 0.467 e. The number of alkyl halides is 1. The van der Waals surface area contributed by atoms with Gasteiger partial charge in [-0.25, -0.2) is 9.18 Å². The number of nitrogens with zero attached hydrogens (tertiary/aromatic N) is 3. The van der Waals surface area contributed by atoms with Gasteiger partial charge in [0.15, 0.2) is 0 Å². The van der Waals surface area contributed by atoms with Crippen LogP contribution in [0.25, 0.3) is 0 Å². The highest BCUT2D eigenvalue weighted by atomic mass is 19.1. The highest BCUT2D eigenvalue weighted by molar-refractivity contribution is 5.74. The molecular weight excluding hydrogens is 273 g/mol. The number of methoxy groups -OCH3 is 1. The first kappa shape index (κ1) is 15.9. The summed E-state index contributed by atoms with van der Waals surface area (Å²) in [7, 11) is 1.21. The lowest BCUT2D eigenvalue weighted by Crippen LogP contribution is -2.49. The fourth-order valence-electron chi connectivity index (χ4n) is 2.57. The molecule has 1 aromatic heterocycles. The fraction of sp³-hybridized carbons (Fsp3) is 0.600. The predicted octanol–water partition coefficient (Wildman–Crippen LogP) is 1.27. The number of hydrogen-bond donors (Lipinski definition) is 0. The Labute approximate surface area is 124 Å². The highest BCUT2D eigenvalue weighted by Crippen LogP contribution is 2.19. The Morgan fingerprint density at radius 2 is 2.10 bits per heavy atom. The van der Waals surface area contributed by atoms with Crippen molar-refractivity contribution in [1.29, 1.82) is 0 Å². The van der Waals surface area contributed by atoms with Crippen molar-refractivity contribution in [3.63, 3.8) is 0 Å². The summed E-state index contributed by atoms with van der Waals surface area (Å²) in [5, 5.41) is 0. The van der Waals surface area contributed by atoms with E-state index in [0.717, 1.165) is 31.9 Å². The first-order chi connectivity index (χ1) is 10.1. The van der Waals surface area contributed by atoms with E-state index in [4.69, 9.17) is 0 Å². The average Bonchev–Trinajstić information content (AvgIpc) is 2.55. The second-order valence-corrected chi connectivity index (χ2v) is 5.26. The van der Waals surface area contributed by atoms with Crippen LogP contribution in [0, 0.1) is 0 Å². The number of ether oxygens (including phenoxy) is 1. The van der Waals surface area contributed by atoms with Crippen molar-refractivity contribution in [1.82, 2.24) is 14.8 Å². The zero-order chi connectivity index (χ0) is 15.2. The van der Waals surface area contributed by atoms with Gasteiger partial charge in [-0.1, -0.05) is 6.07 Å². The second-order valence-electron chi connectivity index (χ2n) is 5.26. The molecular formula is C15H22FN3O2. The first-order valence-electron chi connectivity index (χ1n) is 7.21. The molecule has 2 heterocycles. The van der Waals surface area contributed by atoms with E-state index in [0.29, 0.717) is 0 Å². The van der Waals surface area contributed by atoms with Crippen molar-refractivity contribution >= 4 is 5.97 Å². The summed E-state index contributed by atoms with van der Waals surface area (Å²) in [6.07, 6.45) is 0.237. The lowest BCUT2D eigenvalue weighted by Gasteiger charge is -2.38. The van der Waals surface area contributed by atoms with Gasteiger partial charge in [-0.15, -0.1) is 0 Å². The highest BCUT2D eigenvalue weighted by Gasteiger charge is 2.26. The number of esters is 1. The minimum absolute atomic E-state index is 0.110. The minimum atomic E-state index is -1.56. The normalized spacial score (nSPS) is 20.0. The van der Waals surface area contributed by atoms with Crippen molar-refractivity contribution < 1.29 is 13.9 Å². The molecule has 1 saturated heterocycles. The van der Waals surface area contributed by atoms with E-state index >= 15 is 0 Å². The monoisotopic (exact) mass is 295 g/mol. The van der Waals surface area contributed by atoms with Crippen molar-refractivity contribution in [3.05, 3.63) is 30.1 Å². The van der Waals surface area contributed by atoms with Crippen LogP contribution in [0.1, 0.15) is 18.7 Å². The van der Waals surface area contributed by atoms with E-state index in [1.807, 2.05) is 23.1 Å². The van der Waals surface area contributed by atoms with Crippen LogP contribution in [-0.4, -0.2) is 66.8 Å². The summed E-state index contributed by atoms with van der Waals surface area (Å²) in [6, 6.07) is 6.16. The SMILES string of the molecule is COC(=O)[C@@H](F)CN1CCN([C@@H](C)c2ccccn2)CC1. The van der Waals surface area contributed by atoms with Gasteiger partial charge in [0.05, 0.1) is 12.8 Å². The molecule has 0 N–H and O–H groups in total. The zero-order valence-electron chi connectivity index (χ0n) is 12.5. The Bertz CT molecular complexity index is 449. The molecule has 0 unspecified atom stereocenters. The molecule has 116 valence electrons. The van der Waals surface area contributed by atoms with Crippen molar-refractivity contribution in [2.75, 3.05) is 39.8 Å². The summed E-state index contributed by atoms with van der Waals surface area (Å²) in [6.45, 7) is 5.41. The third kappa shape index (κ3) is 4.22. The van der Waals surface area contributed by atoms with Gasteiger partial charge >= 0.3 is 5.97 Å². The van der Waals surface area contributed by atoms with Crippen LogP contribution in [0.3, 0.4) is 0 Å². The van der Waals surface area contributed by atoms with Gasteiger partial charge in [0.1, 0.15) is 0 Å². The summed E-state index contributed by atoms with van der Waals surface area (Å²) >= 11 is 0. The molecule has 1 aliphatic rings. The maximum Gasteiger partial charge on any atom is 0.341 e. The van der Waals surface area contributed by atoms with Gasteiger partial charge in [0, 0.05) is 45.0 Å². The molecule has 0 aliphatic carbocycles. The summed E-state index contributed by atoms with van der Waals surface area (Å²) in [4.78, 5) is 19.8. The predicted molar refractivity (Wildman–Crippen MR) is 77.6 cm³/mol. The van der Waals surface area contributed by atoms with Gasteiger partial charge < -0.3 is 4.74 Å². The lowest BCUT2D eigenvalue weighted by molar-refractivity contribution is -0.147. The van der Waals surface area contributed by atoms with E-state index in [1.165, 1.54) is 7.11 Å². The standard InChI is InChI=1S/C15H22FN3O2/c1-12(14-5-3-4-6-17-14)19-9-7-18(8-10-19)11-13(16)15(20)21-2/h3-6,12-13H,7-11H2,1-2H3/t12-,13-/m0/s1. The molecule has 0 aromatic carbocycles. The molecule has 21 heavy (non-hydrogen) atoms. The number of hydrogen-bond acceptors (Lipinski definition) is 5. The zero-order valence-corrected chi connectivity index (χ0v) is 12.5. The maximum atomic E-state index is 13.6. The van der Waals surface area contributed by atoms with E-state index < -0.39 is 12.1 Å². The van der Waals surface area contributed by atoms with Gasteiger partial charge in [-0.2, -0.15) is 0 Å². The topological polar surface area (TPSA) is 45.7 Å². The minimum Gasteiger partial charge on any atom is -0.467 e. The Hall–Kier alpha value is -1.53. The molecule has 0 radical (unpaired) electrons. The molecule has 6 heteroatoms. The quantitative estimate of drug-likeness (QED) is 0.766. The van der Waals surface area contributed by atoms with Crippen molar-refractivity contribution in [2.45, 2.75) is 19.1 Å².